The molecular formula is C14H21NO2S. The molecule has 0 spiro atoms. The van der Waals surface area contributed by atoms with Crippen LogP contribution in [0.4, 0.5) is 0 Å². The third-order valence-electron chi connectivity index (χ3n) is 3.17. The third kappa shape index (κ3) is 4.61. The lowest BCUT2D eigenvalue weighted by molar-refractivity contribution is -0.0612. The van der Waals surface area contributed by atoms with Gasteiger partial charge in [0.2, 0.25) is 0 Å². The van der Waals surface area contributed by atoms with Gasteiger partial charge in [0.15, 0.2) is 0 Å². The first-order valence-electron chi connectivity index (χ1n) is 6.47. The van der Waals surface area contributed by atoms with Crippen LogP contribution in [0, 0.1) is 0 Å². The van der Waals surface area contributed by atoms with Crippen molar-refractivity contribution in [3.8, 4) is 0 Å². The number of ether oxygens (including phenoxy) is 1. The smallest absolute Gasteiger partial charge is 0.0815 e. The highest BCUT2D eigenvalue weighted by Crippen LogP contribution is 2.19. The molecule has 1 fully saturated rings. The molecule has 0 aliphatic carbocycles. The van der Waals surface area contributed by atoms with Gasteiger partial charge in [0.25, 0.3) is 0 Å². The van der Waals surface area contributed by atoms with Crippen molar-refractivity contribution >= 4 is 11.8 Å². The molecule has 0 saturated carbocycles. The second kappa shape index (κ2) is 7.14. The summed E-state index contributed by atoms with van der Waals surface area (Å²) in [6.07, 6.45) is 1.48. The molecule has 1 aromatic carbocycles. The number of hydrogen-bond acceptors (Lipinski definition) is 4. The summed E-state index contributed by atoms with van der Waals surface area (Å²) in [6.45, 7) is 2.95. The second-order valence-corrected chi connectivity index (χ2v) is 5.84. The van der Waals surface area contributed by atoms with Gasteiger partial charge in [-0.05, 0) is 12.1 Å². The maximum Gasteiger partial charge on any atom is 0.0815 e. The fourth-order valence-electron chi connectivity index (χ4n) is 2.01. The summed E-state index contributed by atoms with van der Waals surface area (Å²) in [5.74, 6) is 1.02. The van der Waals surface area contributed by atoms with Crippen molar-refractivity contribution in [2.45, 2.75) is 23.3 Å². The van der Waals surface area contributed by atoms with Crippen LogP contribution in [0.5, 0.6) is 0 Å². The number of benzene rings is 1. The maximum atomic E-state index is 10.2. The van der Waals surface area contributed by atoms with Crippen LogP contribution in [0.25, 0.3) is 0 Å². The van der Waals surface area contributed by atoms with Crippen molar-refractivity contribution < 1.29 is 9.84 Å². The Morgan fingerprint density at radius 1 is 1.22 bits per heavy atom. The van der Waals surface area contributed by atoms with E-state index in [0.29, 0.717) is 19.8 Å². The molecule has 0 radical (unpaired) electrons. The quantitative estimate of drug-likeness (QED) is 0.610. The van der Waals surface area contributed by atoms with Crippen LogP contribution in [0.2, 0.25) is 0 Å². The lowest BCUT2D eigenvalue weighted by Gasteiger charge is -2.32. The highest BCUT2D eigenvalue weighted by atomic mass is 32.2. The zero-order valence-corrected chi connectivity index (χ0v) is 11.4. The van der Waals surface area contributed by atoms with Crippen molar-refractivity contribution in [3.05, 3.63) is 30.3 Å². The summed E-state index contributed by atoms with van der Waals surface area (Å²) in [6, 6.07) is 10.4. The molecule has 1 aliphatic heterocycles. The van der Waals surface area contributed by atoms with Gasteiger partial charge in [-0.15, -0.1) is 11.8 Å². The molecule has 1 aliphatic rings. The van der Waals surface area contributed by atoms with Gasteiger partial charge in [0.05, 0.1) is 5.60 Å². The zero-order valence-electron chi connectivity index (χ0n) is 10.6. The van der Waals surface area contributed by atoms with Gasteiger partial charge >= 0.3 is 0 Å². The number of rotatable bonds is 6. The number of thioether (sulfide) groups is 1. The average molecular weight is 267 g/mol. The first-order valence-corrected chi connectivity index (χ1v) is 7.46. The first-order chi connectivity index (χ1) is 8.79. The lowest BCUT2D eigenvalue weighted by atomic mass is 9.94. The van der Waals surface area contributed by atoms with Gasteiger partial charge in [-0.25, -0.2) is 0 Å². The Balaban J connectivity index is 1.58. The fourth-order valence-corrected chi connectivity index (χ4v) is 2.84. The highest BCUT2D eigenvalue weighted by molar-refractivity contribution is 7.99. The van der Waals surface area contributed by atoms with Gasteiger partial charge in [0.1, 0.15) is 0 Å². The first kappa shape index (κ1) is 13.9. The van der Waals surface area contributed by atoms with Crippen LogP contribution in [-0.2, 0) is 4.74 Å². The predicted molar refractivity (Wildman–Crippen MR) is 75.0 cm³/mol. The molecule has 0 aromatic heterocycles. The van der Waals surface area contributed by atoms with Crippen LogP contribution in [0.15, 0.2) is 35.2 Å². The molecule has 4 heteroatoms. The van der Waals surface area contributed by atoms with Crippen LogP contribution in [-0.4, -0.2) is 42.8 Å². The molecule has 2 N–H and O–H groups in total. The van der Waals surface area contributed by atoms with Crippen molar-refractivity contribution in [1.29, 1.82) is 0 Å². The fraction of sp³-hybridized carbons (Fsp3) is 0.571. The second-order valence-electron chi connectivity index (χ2n) is 4.68. The van der Waals surface area contributed by atoms with Crippen LogP contribution in [0.1, 0.15) is 12.8 Å². The molecule has 0 amide bonds. The van der Waals surface area contributed by atoms with Gasteiger partial charge in [-0.1, -0.05) is 18.2 Å². The Bertz CT molecular complexity index is 339. The van der Waals surface area contributed by atoms with E-state index in [1.165, 1.54) is 4.90 Å². The van der Waals surface area contributed by atoms with Gasteiger partial charge in [-0.2, -0.15) is 0 Å². The summed E-state index contributed by atoms with van der Waals surface area (Å²) < 4.78 is 5.26. The molecule has 100 valence electrons. The summed E-state index contributed by atoms with van der Waals surface area (Å²) in [5.41, 5.74) is -0.560. The zero-order chi connectivity index (χ0) is 12.7. The van der Waals surface area contributed by atoms with E-state index < -0.39 is 5.60 Å². The largest absolute Gasteiger partial charge is 0.388 e. The van der Waals surface area contributed by atoms with Gasteiger partial charge in [-0.3, -0.25) is 0 Å². The lowest BCUT2D eigenvalue weighted by Crippen LogP contribution is -2.45. The van der Waals surface area contributed by atoms with Crippen LogP contribution < -0.4 is 5.32 Å². The highest BCUT2D eigenvalue weighted by Gasteiger charge is 2.28. The van der Waals surface area contributed by atoms with E-state index in [1.54, 1.807) is 0 Å². The van der Waals surface area contributed by atoms with E-state index in [1.807, 2.05) is 17.8 Å². The topological polar surface area (TPSA) is 41.5 Å². The molecule has 3 nitrogen and oxygen atoms in total. The average Bonchev–Trinajstić information content (AvgIpc) is 2.40. The molecule has 0 atom stereocenters. The normalized spacial score (nSPS) is 18.7. The third-order valence-corrected chi connectivity index (χ3v) is 4.18. The Morgan fingerprint density at radius 3 is 2.67 bits per heavy atom. The van der Waals surface area contributed by atoms with Crippen molar-refractivity contribution in [1.82, 2.24) is 5.32 Å². The van der Waals surface area contributed by atoms with Gasteiger partial charge in [0, 0.05) is 49.8 Å². The SMILES string of the molecule is OC1(CNCCSc2ccccc2)CCOCC1. The van der Waals surface area contributed by atoms with Crippen LogP contribution in [0.3, 0.4) is 0 Å². The summed E-state index contributed by atoms with van der Waals surface area (Å²) in [4.78, 5) is 1.30. The Morgan fingerprint density at radius 2 is 1.94 bits per heavy atom. The molecule has 0 unspecified atom stereocenters. The molecule has 2 rings (SSSR count). The molecule has 1 saturated heterocycles. The minimum Gasteiger partial charge on any atom is -0.388 e. The Kier molecular flexibility index (Phi) is 5.50. The van der Waals surface area contributed by atoms with Gasteiger partial charge < -0.3 is 15.2 Å². The summed E-state index contributed by atoms with van der Waals surface area (Å²) in [5, 5.41) is 13.6. The molecular weight excluding hydrogens is 246 g/mol. The van der Waals surface area contributed by atoms with E-state index in [2.05, 4.69) is 29.6 Å². The molecule has 1 aromatic rings. The summed E-state index contributed by atoms with van der Waals surface area (Å²) in [7, 11) is 0. The Labute approximate surface area is 113 Å². The molecule has 0 bridgehead atoms. The van der Waals surface area contributed by atoms with Crippen LogP contribution >= 0.6 is 11.8 Å². The van der Waals surface area contributed by atoms with E-state index in [4.69, 9.17) is 4.74 Å². The Hall–Kier alpha value is -0.550. The predicted octanol–water partition coefficient (Wildman–Crippen LogP) is 1.91. The number of nitrogens with one attached hydrogen (secondary N) is 1. The van der Waals surface area contributed by atoms with Crippen molar-refractivity contribution in [2.75, 3.05) is 32.1 Å². The monoisotopic (exact) mass is 267 g/mol. The van der Waals surface area contributed by atoms with Crippen molar-refractivity contribution in [2.24, 2.45) is 0 Å². The summed E-state index contributed by atoms with van der Waals surface area (Å²) >= 11 is 1.84. The minimum absolute atomic E-state index is 0.560. The maximum absolute atomic E-state index is 10.2. The van der Waals surface area contributed by atoms with E-state index in [-0.39, 0.29) is 0 Å². The standard InChI is InChI=1S/C14H21NO2S/c16-14(6-9-17-10-7-14)12-15-8-11-18-13-4-2-1-3-5-13/h1-5,15-16H,6-12H2. The van der Waals surface area contributed by atoms with E-state index in [0.717, 1.165) is 25.1 Å². The van der Waals surface area contributed by atoms with E-state index in [9.17, 15) is 5.11 Å². The molecule has 1 heterocycles. The number of hydrogen-bond donors (Lipinski definition) is 2. The minimum atomic E-state index is -0.560. The van der Waals surface area contributed by atoms with Crippen molar-refractivity contribution in [3.63, 3.8) is 0 Å². The molecule has 18 heavy (non-hydrogen) atoms. The van der Waals surface area contributed by atoms with E-state index >= 15 is 0 Å². The number of aliphatic hydroxyl groups is 1.